The molecule has 4 rings (SSSR count). The van der Waals surface area contributed by atoms with Crippen LogP contribution in [0.15, 0.2) is 48.5 Å². The summed E-state index contributed by atoms with van der Waals surface area (Å²) in [7, 11) is -3.32. The molecule has 10 heteroatoms. The summed E-state index contributed by atoms with van der Waals surface area (Å²) in [5.74, 6) is 1.69. The second-order valence-corrected chi connectivity index (χ2v) is 12.8. The maximum absolute atomic E-state index is 13.4. The van der Waals surface area contributed by atoms with Gasteiger partial charge in [0.1, 0.15) is 23.1 Å². The SMILES string of the molecule is CCCN1C(=O)C(CC(C)C)NC(=O)C12CCN(Cc1ccc(Oc3ccc(NS(C)(=O)=O)cc3)cc1)CC2. The minimum absolute atomic E-state index is 0.00230. The first-order valence-electron chi connectivity index (χ1n) is 13.7. The van der Waals surface area contributed by atoms with Crippen LogP contribution >= 0.6 is 0 Å². The van der Waals surface area contributed by atoms with Crippen LogP contribution in [0.25, 0.3) is 0 Å². The van der Waals surface area contributed by atoms with E-state index >= 15 is 0 Å². The summed E-state index contributed by atoms with van der Waals surface area (Å²) in [4.78, 5) is 30.9. The fourth-order valence-electron chi connectivity index (χ4n) is 5.50. The van der Waals surface area contributed by atoms with E-state index in [2.05, 4.69) is 35.7 Å². The van der Waals surface area contributed by atoms with Crippen molar-refractivity contribution in [3.05, 3.63) is 54.1 Å². The second-order valence-electron chi connectivity index (χ2n) is 11.1. The van der Waals surface area contributed by atoms with E-state index < -0.39 is 21.6 Å². The van der Waals surface area contributed by atoms with E-state index in [-0.39, 0.29) is 11.8 Å². The second kappa shape index (κ2) is 12.0. The predicted octanol–water partition coefficient (Wildman–Crippen LogP) is 3.97. The van der Waals surface area contributed by atoms with Crippen LogP contribution in [0.1, 0.15) is 52.0 Å². The smallest absolute Gasteiger partial charge is 0.246 e. The first-order valence-corrected chi connectivity index (χ1v) is 15.6. The number of nitrogens with one attached hydrogen (secondary N) is 2. The molecular weight excluding hydrogens is 516 g/mol. The van der Waals surface area contributed by atoms with Crippen LogP contribution in [-0.4, -0.2) is 67.5 Å². The van der Waals surface area contributed by atoms with Gasteiger partial charge in [-0.05, 0) is 73.6 Å². The van der Waals surface area contributed by atoms with Gasteiger partial charge in [-0.2, -0.15) is 0 Å². The van der Waals surface area contributed by atoms with Gasteiger partial charge in [-0.15, -0.1) is 0 Å². The predicted molar refractivity (Wildman–Crippen MR) is 152 cm³/mol. The van der Waals surface area contributed by atoms with Crippen molar-refractivity contribution in [2.24, 2.45) is 5.92 Å². The number of rotatable bonds is 10. The Labute approximate surface area is 231 Å². The van der Waals surface area contributed by atoms with E-state index in [1.807, 2.05) is 29.2 Å². The van der Waals surface area contributed by atoms with Crippen molar-refractivity contribution in [2.45, 2.75) is 64.6 Å². The molecule has 0 radical (unpaired) electrons. The molecule has 0 aliphatic carbocycles. The molecule has 2 aliphatic rings. The summed E-state index contributed by atoms with van der Waals surface area (Å²) < 4.78 is 31.1. The Morgan fingerprint density at radius 3 is 2.15 bits per heavy atom. The molecule has 1 atom stereocenters. The summed E-state index contributed by atoms with van der Waals surface area (Å²) in [5.41, 5.74) is 0.866. The van der Waals surface area contributed by atoms with Gasteiger partial charge in [0.05, 0.1) is 6.26 Å². The highest BCUT2D eigenvalue weighted by Crippen LogP contribution is 2.34. The summed E-state index contributed by atoms with van der Waals surface area (Å²) in [5, 5.41) is 3.06. The van der Waals surface area contributed by atoms with Crippen molar-refractivity contribution in [2.75, 3.05) is 30.6 Å². The zero-order valence-corrected chi connectivity index (χ0v) is 24.1. The highest BCUT2D eigenvalue weighted by Gasteiger charge is 2.53. The highest BCUT2D eigenvalue weighted by molar-refractivity contribution is 7.92. The molecule has 212 valence electrons. The van der Waals surface area contributed by atoms with Gasteiger partial charge in [0.2, 0.25) is 21.8 Å². The number of benzene rings is 2. The molecule has 2 aromatic rings. The standard InChI is InChI=1S/C29H40N4O5S/c1-5-16-33-27(34)26(19-21(2)3)30-28(35)29(33)14-17-32(18-15-29)20-22-6-10-24(11-7-22)38-25-12-8-23(9-13-25)31-39(4,36)37/h6-13,21,26,31H,5,14-20H2,1-4H3,(H,30,35). The van der Waals surface area contributed by atoms with Crippen LogP contribution in [0.2, 0.25) is 0 Å². The summed E-state index contributed by atoms with van der Waals surface area (Å²) in [6.07, 6.45) is 3.86. The Kier molecular flexibility index (Phi) is 8.86. The fourth-order valence-corrected chi connectivity index (χ4v) is 6.06. The number of piperidine rings is 1. The monoisotopic (exact) mass is 556 g/mol. The van der Waals surface area contributed by atoms with Crippen LogP contribution in [0, 0.1) is 5.92 Å². The largest absolute Gasteiger partial charge is 0.457 e. The number of carbonyl (C=O) groups excluding carboxylic acids is 2. The molecule has 1 spiro atoms. The third-order valence-electron chi connectivity index (χ3n) is 7.37. The van der Waals surface area contributed by atoms with Crippen LogP contribution in [0.4, 0.5) is 5.69 Å². The molecule has 39 heavy (non-hydrogen) atoms. The first-order chi connectivity index (χ1) is 18.5. The number of likely N-dealkylation sites (tertiary alicyclic amines) is 1. The van der Waals surface area contributed by atoms with E-state index in [9.17, 15) is 18.0 Å². The maximum Gasteiger partial charge on any atom is 0.246 e. The van der Waals surface area contributed by atoms with Gasteiger partial charge < -0.3 is 15.0 Å². The van der Waals surface area contributed by atoms with Gasteiger partial charge in [-0.3, -0.25) is 19.2 Å². The van der Waals surface area contributed by atoms with E-state index in [1.165, 1.54) is 0 Å². The minimum atomic E-state index is -3.32. The molecule has 2 saturated heterocycles. The quantitative estimate of drug-likeness (QED) is 0.459. The van der Waals surface area contributed by atoms with Gasteiger partial charge in [0.15, 0.2) is 0 Å². The number of nitrogens with zero attached hydrogens (tertiary/aromatic N) is 2. The van der Waals surface area contributed by atoms with Gasteiger partial charge in [-0.1, -0.05) is 32.9 Å². The molecule has 0 bridgehead atoms. The lowest BCUT2D eigenvalue weighted by Crippen LogP contribution is -2.73. The molecule has 2 heterocycles. The van der Waals surface area contributed by atoms with Crippen molar-refractivity contribution in [3.63, 3.8) is 0 Å². The molecule has 2 amide bonds. The van der Waals surface area contributed by atoms with E-state index in [0.717, 1.165) is 37.9 Å². The zero-order valence-electron chi connectivity index (χ0n) is 23.3. The first kappa shape index (κ1) is 28.9. The third kappa shape index (κ3) is 7.10. The average molecular weight is 557 g/mol. The summed E-state index contributed by atoms with van der Waals surface area (Å²) in [6.45, 7) is 9.04. The van der Waals surface area contributed by atoms with Gasteiger partial charge in [-0.25, -0.2) is 8.42 Å². The van der Waals surface area contributed by atoms with Crippen molar-refractivity contribution in [1.29, 1.82) is 0 Å². The number of carbonyl (C=O) groups is 2. The molecule has 2 aliphatic heterocycles. The van der Waals surface area contributed by atoms with Gasteiger partial charge in [0, 0.05) is 31.9 Å². The summed E-state index contributed by atoms with van der Waals surface area (Å²) in [6, 6.07) is 14.2. The average Bonchev–Trinajstić information content (AvgIpc) is 2.87. The van der Waals surface area contributed by atoms with Crippen molar-refractivity contribution < 1.29 is 22.7 Å². The number of hydrogen-bond donors (Lipinski definition) is 2. The van der Waals surface area contributed by atoms with Gasteiger partial charge in [0.25, 0.3) is 0 Å². The van der Waals surface area contributed by atoms with Crippen LogP contribution in [-0.2, 0) is 26.2 Å². The van der Waals surface area contributed by atoms with E-state index in [1.54, 1.807) is 24.3 Å². The number of ether oxygens (including phenoxy) is 1. The van der Waals surface area contributed by atoms with Crippen LogP contribution in [0.5, 0.6) is 11.5 Å². The Morgan fingerprint density at radius 2 is 1.62 bits per heavy atom. The summed E-state index contributed by atoms with van der Waals surface area (Å²) >= 11 is 0. The van der Waals surface area contributed by atoms with E-state index in [0.29, 0.717) is 48.9 Å². The topological polar surface area (TPSA) is 108 Å². The lowest BCUT2D eigenvalue weighted by molar-refractivity contribution is -0.161. The molecule has 2 N–H and O–H groups in total. The molecule has 0 saturated carbocycles. The molecule has 2 aromatic carbocycles. The highest BCUT2D eigenvalue weighted by atomic mass is 32.2. The van der Waals surface area contributed by atoms with Crippen LogP contribution < -0.4 is 14.8 Å². The van der Waals surface area contributed by atoms with Crippen molar-refractivity contribution in [1.82, 2.24) is 15.1 Å². The number of hydrogen-bond acceptors (Lipinski definition) is 6. The molecule has 0 aromatic heterocycles. The Balaban J connectivity index is 1.34. The molecular formula is C29H40N4O5S. The number of sulfonamides is 1. The number of amides is 2. The Bertz CT molecular complexity index is 1250. The lowest BCUT2D eigenvalue weighted by atomic mass is 9.80. The lowest BCUT2D eigenvalue weighted by Gasteiger charge is -2.52. The Hall–Kier alpha value is -3.11. The van der Waals surface area contributed by atoms with Crippen molar-refractivity contribution >= 4 is 27.5 Å². The third-order valence-corrected chi connectivity index (χ3v) is 7.98. The molecule has 9 nitrogen and oxygen atoms in total. The fraction of sp³-hybridized carbons (Fsp3) is 0.517. The van der Waals surface area contributed by atoms with Crippen molar-refractivity contribution in [3.8, 4) is 11.5 Å². The molecule has 2 fully saturated rings. The Morgan fingerprint density at radius 1 is 1.03 bits per heavy atom. The number of anilines is 1. The maximum atomic E-state index is 13.4. The zero-order chi connectivity index (χ0) is 28.2. The van der Waals surface area contributed by atoms with Gasteiger partial charge >= 0.3 is 0 Å². The minimum Gasteiger partial charge on any atom is -0.457 e. The number of piperazine rings is 1. The van der Waals surface area contributed by atoms with Crippen LogP contribution in [0.3, 0.4) is 0 Å². The molecule has 1 unspecified atom stereocenters. The van der Waals surface area contributed by atoms with E-state index in [4.69, 9.17) is 4.74 Å². The normalized spacial score (nSPS) is 19.8.